The summed E-state index contributed by atoms with van der Waals surface area (Å²) in [6, 6.07) is 2.26. The van der Waals surface area contributed by atoms with Crippen LogP contribution in [0.1, 0.15) is 46.5 Å². The second-order valence-electron chi connectivity index (χ2n) is 5.73. The van der Waals surface area contributed by atoms with E-state index < -0.39 is 0 Å². The lowest BCUT2D eigenvalue weighted by molar-refractivity contribution is 0.0434. The van der Waals surface area contributed by atoms with Crippen molar-refractivity contribution in [2.45, 2.75) is 64.6 Å². The van der Waals surface area contributed by atoms with Crippen molar-refractivity contribution in [3.63, 3.8) is 0 Å². The first-order valence-electron chi connectivity index (χ1n) is 7.38. The Hall–Kier alpha value is -0.340. The molecule has 0 aromatic carbocycles. The number of nitrogens with one attached hydrogen (secondary N) is 1. The Balaban J connectivity index is 1.95. The summed E-state index contributed by atoms with van der Waals surface area (Å²) < 4.78 is 0. The summed E-state index contributed by atoms with van der Waals surface area (Å²) in [6.45, 7) is 9.45. The fourth-order valence-electron chi connectivity index (χ4n) is 3.54. The van der Waals surface area contributed by atoms with Gasteiger partial charge < -0.3 is 5.32 Å². The maximum absolute atomic E-state index is 3.65. The Morgan fingerprint density at radius 1 is 1.24 bits per heavy atom. The van der Waals surface area contributed by atoms with Crippen molar-refractivity contribution in [2.75, 3.05) is 13.1 Å². The number of rotatable bonds is 3. The van der Waals surface area contributed by atoms with Crippen LogP contribution in [0.4, 0.5) is 0 Å². The fourth-order valence-corrected chi connectivity index (χ4v) is 3.54. The molecule has 1 aliphatic carbocycles. The van der Waals surface area contributed by atoms with Gasteiger partial charge in [0.1, 0.15) is 0 Å². The summed E-state index contributed by atoms with van der Waals surface area (Å²) in [7, 11) is 0. The van der Waals surface area contributed by atoms with E-state index in [-0.39, 0.29) is 0 Å². The van der Waals surface area contributed by atoms with Crippen LogP contribution in [0.25, 0.3) is 0 Å². The SMILES string of the molecule is CCNC1CCN(C2CC=CCC2)C(C)C1C. The van der Waals surface area contributed by atoms with Crippen molar-refractivity contribution in [2.24, 2.45) is 5.92 Å². The standard InChI is InChI=1S/C15H28N2/c1-4-16-15-10-11-17(13(3)12(15)2)14-8-6-5-7-9-14/h5-6,12-16H,4,7-11H2,1-3H3. The van der Waals surface area contributed by atoms with Crippen LogP contribution >= 0.6 is 0 Å². The molecule has 0 aromatic rings. The number of nitrogens with zero attached hydrogens (tertiary/aromatic N) is 1. The van der Waals surface area contributed by atoms with Gasteiger partial charge in [0.05, 0.1) is 0 Å². The third-order valence-corrected chi connectivity index (χ3v) is 4.79. The average Bonchev–Trinajstić information content (AvgIpc) is 2.36. The van der Waals surface area contributed by atoms with Crippen LogP contribution in [0, 0.1) is 5.92 Å². The normalized spacial score (nSPS) is 39.5. The third-order valence-electron chi connectivity index (χ3n) is 4.79. The Morgan fingerprint density at radius 3 is 2.71 bits per heavy atom. The van der Waals surface area contributed by atoms with Gasteiger partial charge in [-0.15, -0.1) is 0 Å². The number of hydrogen-bond acceptors (Lipinski definition) is 2. The summed E-state index contributed by atoms with van der Waals surface area (Å²) in [5, 5.41) is 3.65. The molecule has 17 heavy (non-hydrogen) atoms. The second kappa shape index (κ2) is 6.01. The molecule has 2 nitrogen and oxygen atoms in total. The first-order valence-corrected chi connectivity index (χ1v) is 7.38. The molecule has 1 N–H and O–H groups in total. The lowest BCUT2D eigenvalue weighted by Gasteiger charge is -2.47. The molecule has 0 spiro atoms. The summed E-state index contributed by atoms with van der Waals surface area (Å²) in [4.78, 5) is 2.77. The van der Waals surface area contributed by atoms with Crippen LogP contribution in [0.15, 0.2) is 12.2 Å². The number of hydrogen-bond donors (Lipinski definition) is 1. The van der Waals surface area contributed by atoms with Crippen molar-refractivity contribution in [1.82, 2.24) is 10.2 Å². The van der Waals surface area contributed by atoms with E-state index in [1.807, 2.05) is 0 Å². The van der Waals surface area contributed by atoms with Gasteiger partial charge in [-0.05, 0) is 45.1 Å². The molecule has 2 aliphatic rings. The minimum atomic E-state index is 0.726. The molecule has 1 aliphatic heterocycles. The molecule has 2 rings (SSSR count). The van der Waals surface area contributed by atoms with Crippen molar-refractivity contribution in [3.8, 4) is 0 Å². The van der Waals surface area contributed by atoms with E-state index in [2.05, 4.69) is 43.1 Å². The molecule has 4 atom stereocenters. The topological polar surface area (TPSA) is 15.3 Å². The van der Waals surface area contributed by atoms with Gasteiger partial charge in [0.15, 0.2) is 0 Å². The predicted octanol–water partition coefficient (Wildman–Crippen LogP) is 2.80. The number of likely N-dealkylation sites (tertiary alicyclic amines) is 1. The van der Waals surface area contributed by atoms with Crippen molar-refractivity contribution < 1.29 is 0 Å². The van der Waals surface area contributed by atoms with Gasteiger partial charge in [-0.1, -0.05) is 26.0 Å². The molecule has 1 heterocycles. The van der Waals surface area contributed by atoms with Crippen molar-refractivity contribution in [1.29, 1.82) is 0 Å². The van der Waals surface area contributed by atoms with E-state index in [0.717, 1.165) is 30.6 Å². The van der Waals surface area contributed by atoms with E-state index in [0.29, 0.717) is 0 Å². The minimum absolute atomic E-state index is 0.726. The highest BCUT2D eigenvalue weighted by Gasteiger charge is 2.35. The predicted molar refractivity (Wildman–Crippen MR) is 74.2 cm³/mol. The van der Waals surface area contributed by atoms with Crippen LogP contribution in [-0.2, 0) is 0 Å². The van der Waals surface area contributed by atoms with Gasteiger partial charge in [0.25, 0.3) is 0 Å². The fraction of sp³-hybridized carbons (Fsp3) is 0.867. The quantitative estimate of drug-likeness (QED) is 0.758. The molecule has 0 radical (unpaired) electrons. The average molecular weight is 236 g/mol. The van der Waals surface area contributed by atoms with Gasteiger partial charge >= 0.3 is 0 Å². The lowest BCUT2D eigenvalue weighted by atomic mass is 9.84. The van der Waals surface area contributed by atoms with Crippen LogP contribution in [0.3, 0.4) is 0 Å². The largest absolute Gasteiger partial charge is 0.314 e. The molecular weight excluding hydrogens is 208 g/mol. The zero-order chi connectivity index (χ0) is 12.3. The molecule has 2 heteroatoms. The zero-order valence-corrected chi connectivity index (χ0v) is 11.7. The minimum Gasteiger partial charge on any atom is -0.314 e. The summed E-state index contributed by atoms with van der Waals surface area (Å²) in [5.74, 6) is 0.773. The summed E-state index contributed by atoms with van der Waals surface area (Å²) in [5.41, 5.74) is 0. The maximum Gasteiger partial charge on any atom is 0.0136 e. The van der Waals surface area contributed by atoms with Gasteiger partial charge in [0.2, 0.25) is 0 Å². The molecule has 1 saturated heterocycles. The first-order chi connectivity index (χ1) is 8.24. The van der Waals surface area contributed by atoms with Gasteiger partial charge in [-0.3, -0.25) is 4.90 Å². The van der Waals surface area contributed by atoms with E-state index >= 15 is 0 Å². The number of piperidine rings is 1. The molecule has 1 fully saturated rings. The smallest absolute Gasteiger partial charge is 0.0136 e. The van der Waals surface area contributed by atoms with Gasteiger partial charge in [-0.2, -0.15) is 0 Å². The van der Waals surface area contributed by atoms with E-state index in [1.54, 1.807) is 0 Å². The summed E-state index contributed by atoms with van der Waals surface area (Å²) >= 11 is 0. The molecule has 0 saturated carbocycles. The Bertz CT molecular complexity index is 262. The Labute approximate surface area is 106 Å². The van der Waals surface area contributed by atoms with Crippen molar-refractivity contribution in [3.05, 3.63) is 12.2 Å². The van der Waals surface area contributed by atoms with Crippen LogP contribution in [0.5, 0.6) is 0 Å². The Morgan fingerprint density at radius 2 is 2.06 bits per heavy atom. The third kappa shape index (κ3) is 2.92. The monoisotopic (exact) mass is 236 g/mol. The van der Waals surface area contributed by atoms with E-state index in [9.17, 15) is 0 Å². The van der Waals surface area contributed by atoms with Gasteiger partial charge in [0, 0.05) is 24.7 Å². The molecule has 0 amide bonds. The lowest BCUT2D eigenvalue weighted by Crippen LogP contribution is -2.56. The summed E-state index contributed by atoms with van der Waals surface area (Å²) in [6.07, 6.45) is 9.94. The van der Waals surface area contributed by atoms with Crippen LogP contribution in [-0.4, -0.2) is 36.1 Å². The highest BCUT2D eigenvalue weighted by atomic mass is 15.2. The highest BCUT2D eigenvalue weighted by molar-refractivity contribution is 4.98. The molecule has 0 aromatic heterocycles. The second-order valence-corrected chi connectivity index (χ2v) is 5.73. The molecule has 0 bridgehead atoms. The van der Waals surface area contributed by atoms with Gasteiger partial charge in [-0.25, -0.2) is 0 Å². The Kier molecular flexibility index (Phi) is 4.63. The zero-order valence-electron chi connectivity index (χ0n) is 11.7. The highest BCUT2D eigenvalue weighted by Crippen LogP contribution is 2.29. The first kappa shape index (κ1) is 13.1. The molecule has 98 valence electrons. The molecular formula is C15H28N2. The van der Waals surface area contributed by atoms with Crippen LogP contribution < -0.4 is 5.32 Å². The molecule has 4 unspecified atom stereocenters. The number of allylic oxidation sites excluding steroid dienone is 1. The van der Waals surface area contributed by atoms with Crippen LogP contribution in [0.2, 0.25) is 0 Å². The van der Waals surface area contributed by atoms with E-state index in [1.165, 1.54) is 32.2 Å². The maximum atomic E-state index is 3.65. The van der Waals surface area contributed by atoms with Crippen molar-refractivity contribution >= 4 is 0 Å². The van der Waals surface area contributed by atoms with E-state index in [4.69, 9.17) is 0 Å².